The lowest BCUT2D eigenvalue weighted by molar-refractivity contribution is 0.0773. The largest absolute Gasteiger partial charge is 0.339 e. The standard InChI is InChI=1S/C14H15N5O3S/c1-8(2)12-15-10(17-22-12)7-18(3)13(21)9-6-11(20)16-14-19(9)4-5-23-14/h4-6,8H,7H2,1-3H3. The van der Waals surface area contributed by atoms with E-state index in [9.17, 15) is 9.59 Å². The molecule has 0 aliphatic carbocycles. The molecule has 0 saturated heterocycles. The van der Waals surface area contributed by atoms with Crippen molar-refractivity contribution < 1.29 is 9.32 Å². The summed E-state index contributed by atoms with van der Waals surface area (Å²) in [6.45, 7) is 4.09. The van der Waals surface area contributed by atoms with Crippen molar-refractivity contribution in [2.75, 3.05) is 7.05 Å². The van der Waals surface area contributed by atoms with E-state index in [1.807, 2.05) is 13.8 Å². The topological polar surface area (TPSA) is 93.6 Å². The van der Waals surface area contributed by atoms with Gasteiger partial charge in [0.25, 0.3) is 11.5 Å². The van der Waals surface area contributed by atoms with Crippen LogP contribution in [0.5, 0.6) is 0 Å². The number of thiazole rings is 1. The van der Waals surface area contributed by atoms with Crippen LogP contribution in [0.1, 0.15) is 42.0 Å². The van der Waals surface area contributed by atoms with Gasteiger partial charge in [0.05, 0.1) is 6.54 Å². The molecule has 3 aromatic heterocycles. The first-order valence-electron chi connectivity index (χ1n) is 7.00. The molecule has 9 heteroatoms. The number of hydrogen-bond donors (Lipinski definition) is 0. The Bertz CT molecular complexity index is 910. The van der Waals surface area contributed by atoms with Crippen LogP contribution in [0.25, 0.3) is 4.96 Å². The van der Waals surface area contributed by atoms with Crippen LogP contribution < -0.4 is 5.56 Å². The van der Waals surface area contributed by atoms with Crippen molar-refractivity contribution in [1.29, 1.82) is 0 Å². The molecular weight excluding hydrogens is 318 g/mol. The Kier molecular flexibility index (Phi) is 3.95. The van der Waals surface area contributed by atoms with Crippen LogP contribution in [0.2, 0.25) is 0 Å². The van der Waals surface area contributed by atoms with Gasteiger partial charge in [-0.25, -0.2) is 0 Å². The number of carbonyl (C=O) groups is 1. The maximum atomic E-state index is 12.6. The molecule has 0 fully saturated rings. The normalized spacial score (nSPS) is 11.3. The summed E-state index contributed by atoms with van der Waals surface area (Å²) in [5.74, 6) is 0.768. The van der Waals surface area contributed by atoms with Crippen LogP contribution in [-0.2, 0) is 6.54 Å². The lowest BCUT2D eigenvalue weighted by Crippen LogP contribution is -2.29. The van der Waals surface area contributed by atoms with Gasteiger partial charge in [-0.3, -0.25) is 14.0 Å². The summed E-state index contributed by atoms with van der Waals surface area (Å²) in [4.78, 5) is 34.3. The molecule has 0 N–H and O–H groups in total. The third kappa shape index (κ3) is 3.00. The van der Waals surface area contributed by atoms with Crippen molar-refractivity contribution in [1.82, 2.24) is 24.4 Å². The molecule has 3 heterocycles. The van der Waals surface area contributed by atoms with Gasteiger partial charge in [-0.1, -0.05) is 19.0 Å². The van der Waals surface area contributed by atoms with Crippen LogP contribution in [0.15, 0.2) is 27.0 Å². The van der Waals surface area contributed by atoms with Crippen LogP contribution >= 0.6 is 11.3 Å². The molecule has 3 aromatic rings. The summed E-state index contributed by atoms with van der Waals surface area (Å²) in [5.41, 5.74) is -0.179. The Morgan fingerprint density at radius 2 is 2.22 bits per heavy atom. The molecule has 0 aliphatic rings. The first-order valence-corrected chi connectivity index (χ1v) is 7.88. The minimum absolute atomic E-state index is 0.126. The van der Waals surface area contributed by atoms with Crippen molar-refractivity contribution in [3.8, 4) is 0 Å². The number of nitrogens with zero attached hydrogens (tertiary/aromatic N) is 5. The van der Waals surface area contributed by atoms with Gasteiger partial charge < -0.3 is 9.42 Å². The van der Waals surface area contributed by atoms with Crippen molar-refractivity contribution in [3.05, 3.63) is 45.4 Å². The van der Waals surface area contributed by atoms with Gasteiger partial charge in [0.15, 0.2) is 10.8 Å². The maximum absolute atomic E-state index is 12.6. The second kappa shape index (κ2) is 5.92. The van der Waals surface area contributed by atoms with E-state index >= 15 is 0 Å². The molecule has 1 amide bonds. The highest BCUT2D eigenvalue weighted by atomic mass is 32.1. The Labute approximate surface area is 135 Å². The third-order valence-corrected chi connectivity index (χ3v) is 3.99. The molecule has 8 nitrogen and oxygen atoms in total. The fraction of sp³-hybridized carbons (Fsp3) is 0.357. The fourth-order valence-electron chi connectivity index (χ4n) is 2.06. The van der Waals surface area contributed by atoms with E-state index in [-0.39, 0.29) is 24.1 Å². The zero-order chi connectivity index (χ0) is 16.6. The Morgan fingerprint density at radius 1 is 1.43 bits per heavy atom. The minimum atomic E-state index is -0.439. The third-order valence-electron chi connectivity index (χ3n) is 3.24. The summed E-state index contributed by atoms with van der Waals surface area (Å²) in [6.07, 6.45) is 1.71. The molecule has 0 aliphatic heterocycles. The zero-order valence-electron chi connectivity index (χ0n) is 12.9. The van der Waals surface area contributed by atoms with Gasteiger partial charge >= 0.3 is 0 Å². The Balaban J connectivity index is 1.86. The van der Waals surface area contributed by atoms with E-state index in [1.54, 1.807) is 23.0 Å². The average Bonchev–Trinajstić information content (AvgIpc) is 3.14. The van der Waals surface area contributed by atoms with E-state index in [4.69, 9.17) is 4.52 Å². The number of rotatable bonds is 4. The molecule has 0 aromatic carbocycles. The molecule has 3 rings (SSSR count). The van der Waals surface area contributed by atoms with Gasteiger partial charge in [-0.05, 0) is 0 Å². The predicted molar refractivity (Wildman–Crippen MR) is 83.5 cm³/mol. The number of amides is 1. The van der Waals surface area contributed by atoms with Gasteiger partial charge in [-0.15, -0.1) is 11.3 Å². The Morgan fingerprint density at radius 3 is 2.91 bits per heavy atom. The molecule has 23 heavy (non-hydrogen) atoms. The number of hydrogen-bond acceptors (Lipinski definition) is 7. The van der Waals surface area contributed by atoms with E-state index in [0.717, 1.165) is 0 Å². The lowest BCUT2D eigenvalue weighted by Gasteiger charge is -2.15. The maximum Gasteiger partial charge on any atom is 0.274 e. The zero-order valence-corrected chi connectivity index (χ0v) is 13.7. The van der Waals surface area contributed by atoms with Crippen molar-refractivity contribution in [2.24, 2.45) is 0 Å². The van der Waals surface area contributed by atoms with Crippen molar-refractivity contribution in [3.63, 3.8) is 0 Å². The predicted octanol–water partition coefficient (Wildman–Crippen LogP) is 1.53. The van der Waals surface area contributed by atoms with Gasteiger partial charge in [0.2, 0.25) is 5.89 Å². The van der Waals surface area contributed by atoms with E-state index in [0.29, 0.717) is 16.7 Å². The monoisotopic (exact) mass is 333 g/mol. The second-order valence-corrected chi connectivity index (χ2v) is 6.27. The minimum Gasteiger partial charge on any atom is -0.339 e. The molecule has 0 saturated carbocycles. The molecule has 120 valence electrons. The molecular formula is C14H15N5O3S. The molecule has 0 radical (unpaired) electrons. The number of carbonyl (C=O) groups excluding carboxylic acids is 1. The Hall–Kier alpha value is -2.55. The second-order valence-electron chi connectivity index (χ2n) is 5.40. The van der Waals surface area contributed by atoms with Crippen LogP contribution in [0, 0.1) is 0 Å². The van der Waals surface area contributed by atoms with Crippen LogP contribution in [-0.4, -0.2) is 37.4 Å². The summed E-state index contributed by atoms with van der Waals surface area (Å²) in [5, 5.41) is 5.64. The van der Waals surface area contributed by atoms with Crippen molar-refractivity contribution >= 4 is 22.2 Å². The smallest absolute Gasteiger partial charge is 0.274 e. The summed E-state index contributed by atoms with van der Waals surface area (Å²) >= 11 is 1.30. The average molecular weight is 333 g/mol. The first-order chi connectivity index (χ1) is 11.0. The molecule has 0 unspecified atom stereocenters. The van der Waals surface area contributed by atoms with E-state index in [1.165, 1.54) is 22.3 Å². The molecule has 0 bridgehead atoms. The number of fused-ring (bicyclic) bond motifs is 1. The lowest BCUT2D eigenvalue weighted by atomic mass is 10.2. The SMILES string of the molecule is CC(C)c1nc(CN(C)C(=O)c2cc(=O)nc3sccn23)no1. The summed E-state index contributed by atoms with van der Waals surface area (Å²) < 4.78 is 6.72. The highest BCUT2D eigenvalue weighted by molar-refractivity contribution is 7.15. The van der Waals surface area contributed by atoms with Crippen LogP contribution in [0.3, 0.4) is 0 Å². The van der Waals surface area contributed by atoms with Crippen LogP contribution in [0.4, 0.5) is 0 Å². The van der Waals surface area contributed by atoms with Gasteiger partial charge in [-0.2, -0.15) is 9.97 Å². The van der Waals surface area contributed by atoms with E-state index in [2.05, 4.69) is 15.1 Å². The highest BCUT2D eigenvalue weighted by Crippen LogP contribution is 2.14. The summed E-state index contributed by atoms with van der Waals surface area (Å²) in [7, 11) is 1.62. The van der Waals surface area contributed by atoms with Gasteiger partial charge in [0.1, 0.15) is 5.69 Å². The quantitative estimate of drug-likeness (QED) is 0.719. The fourth-order valence-corrected chi connectivity index (χ4v) is 2.78. The summed E-state index contributed by atoms with van der Waals surface area (Å²) in [6, 6.07) is 1.23. The highest BCUT2D eigenvalue weighted by Gasteiger charge is 2.19. The van der Waals surface area contributed by atoms with Gasteiger partial charge in [0, 0.05) is 30.6 Å². The van der Waals surface area contributed by atoms with E-state index < -0.39 is 5.56 Å². The van der Waals surface area contributed by atoms with Crippen molar-refractivity contribution in [2.45, 2.75) is 26.3 Å². The molecule has 0 atom stereocenters. The molecule has 0 spiro atoms. The first kappa shape index (κ1) is 15.3. The number of aromatic nitrogens is 4.